The molecule has 1 aliphatic heterocycles. The molecule has 4 rings (SSSR count). The number of carbonyl (C=O) groups excluding carboxylic acids is 2. The van der Waals surface area contributed by atoms with Crippen LogP contribution >= 0.6 is 0 Å². The highest BCUT2D eigenvalue weighted by molar-refractivity contribution is 5.97. The van der Waals surface area contributed by atoms with E-state index >= 15 is 0 Å². The molecule has 2 N–H and O–H groups in total. The highest BCUT2D eigenvalue weighted by Gasteiger charge is 2.31. The third kappa shape index (κ3) is 4.24. The number of methoxy groups -OCH3 is 1. The van der Waals surface area contributed by atoms with Gasteiger partial charge in [-0.3, -0.25) is 9.59 Å². The van der Waals surface area contributed by atoms with Crippen LogP contribution in [0.25, 0.3) is 0 Å². The van der Waals surface area contributed by atoms with E-state index in [1.54, 1.807) is 17.0 Å². The lowest BCUT2D eigenvalue weighted by Gasteiger charge is -2.22. The van der Waals surface area contributed by atoms with Crippen molar-refractivity contribution >= 4 is 23.2 Å². The van der Waals surface area contributed by atoms with E-state index in [9.17, 15) is 14.0 Å². The first-order valence-electron chi connectivity index (χ1n) is 9.80. The number of nitrogens with zero attached hydrogens (tertiary/aromatic N) is 1. The Morgan fingerprint density at radius 2 is 1.97 bits per heavy atom. The standard InChI is InChI=1S/C22H24FN3O3/c1-29-13-20(27)26-12-11-17-18(3-2-4-19(17)26)25-21(22(28)24-16-9-10-16)14-5-7-15(23)8-6-14/h2-8,16,21,25H,9-13H2,1H3,(H,24,28). The molecule has 2 aromatic rings. The van der Waals surface area contributed by atoms with Gasteiger partial charge >= 0.3 is 0 Å². The fourth-order valence-electron chi connectivity index (χ4n) is 3.65. The Morgan fingerprint density at radius 1 is 1.21 bits per heavy atom. The second-order valence-electron chi connectivity index (χ2n) is 7.44. The Morgan fingerprint density at radius 3 is 2.66 bits per heavy atom. The van der Waals surface area contributed by atoms with Crippen LogP contribution < -0.4 is 15.5 Å². The lowest BCUT2D eigenvalue weighted by Crippen LogP contribution is -2.35. The van der Waals surface area contributed by atoms with Crippen molar-refractivity contribution in [2.24, 2.45) is 0 Å². The fourth-order valence-corrected chi connectivity index (χ4v) is 3.65. The van der Waals surface area contributed by atoms with Crippen molar-refractivity contribution in [3.05, 3.63) is 59.4 Å². The zero-order chi connectivity index (χ0) is 20.4. The van der Waals surface area contributed by atoms with Crippen molar-refractivity contribution in [3.8, 4) is 0 Å². The largest absolute Gasteiger partial charge is 0.375 e. The highest BCUT2D eigenvalue weighted by Crippen LogP contribution is 2.35. The van der Waals surface area contributed by atoms with Gasteiger partial charge in [0.1, 0.15) is 18.5 Å². The van der Waals surface area contributed by atoms with Gasteiger partial charge in [-0.25, -0.2) is 4.39 Å². The van der Waals surface area contributed by atoms with E-state index in [1.165, 1.54) is 19.2 Å². The zero-order valence-corrected chi connectivity index (χ0v) is 16.3. The van der Waals surface area contributed by atoms with Gasteiger partial charge in [0, 0.05) is 36.6 Å². The molecule has 0 saturated heterocycles. The molecule has 1 saturated carbocycles. The summed E-state index contributed by atoms with van der Waals surface area (Å²) in [5, 5.41) is 6.36. The number of ether oxygens (including phenoxy) is 1. The summed E-state index contributed by atoms with van der Waals surface area (Å²) in [7, 11) is 1.50. The molecule has 0 radical (unpaired) electrons. The van der Waals surface area contributed by atoms with Crippen molar-refractivity contribution in [1.82, 2.24) is 5.32 Å². The quantitative estimate of drug-likeness (QED) is 0.754. The van der Waals surface area contributed by atoms with Crippen LogP contribution in [0.4, 0.5) is 15.8 Å². The Kier molecular flexibility index (Phi) is 5.49. The summed E-state index contributed by atoms with van der Waals surface area (Å²) in [6.07, 6.45) is 2.66. The number of hydrogen-bond acceptors (Lipinski definition) is 4. The molecule has 2 amide bonds. The van der Waals surface area contributed by atoms with E-state index in [-0.39, 0.29) is 30.3 Å². The summed E-state index contributed by atoms with van der Waals surface area (Å²) in [5.41, 5.74) is 3.31. The van der Waals surface area contributed by atoms with E-state index in [0.29, 0.717) is 18.5 Å². The van der Waals surface area contributed by atoms with Crippen LogP contribution in [0, 0.1) is 5.82 Å². The van der Waals surface area contributed by atoms with Crippen LogP contribution in [0.1, 0.15) is 30.0 Å². The van der Waals surface area contributed by atoms with Crippen molar-refractivity contribution < 1.29 is 18.7 Å². The Labute approximate surface area is 169 Å². The third-order valence-electron chi connectivity index (χ3n) is 5.29. The minimum Gasteiger partial charge on any atom is -0.375 e. The van der Waals surface area contributed by atoms with Gasteiger partial charge in [-0.05, 0) is 49.1 Å². The number of carbonyl (C=O) groups is 2. The molecular formula is C22H24FN3O3. The van der Waals surface area contributed by atoms with E-state index in [1.807, 2.05) is 18.2 Å². The number of amides is 2. The predicted molar refractivity (Wildman–Crippen MR) is 108 cm³/mol. The summed E-state index contributed by atoms with van der Waals surface area (Å²) < 4.78 is 18.4. The number of hydrogen-bond donors (Lipinski definition) is 2. The topological polar surface area (TPSA) is 70.7 Å². The molecule has 29 heavy (non-hydrogen) atoms. The first kappa shape index (κ1) is 19.4. The number of fused-ring (bicyclic) bond motifs is 1. The number of anilines is 2. The molecule has 6 nitrogen and oxygen atoms in total. The SMILES string of the molecule is COCC(=O)N1CCc2c(NC(C(=O)NC3CC3)c3ccc(F)cc3)cccc21. The Balaban J connectivity index is 1.62. The van der Waals surface area contributed by atoms with Gasteiger partial charge < -0.3 is 20.3 Å². The molecule has 0 aromatic heterocycles. The first-order chi connectivity index (χ1) is 14.1. The van der Waals surface area contributed by atoms with Gasteiger partial charge in [-0.1, -0.05) is 18.2 Å². The molecular weight excluding hydrogens is 373 g/mol. The van der Waals surface area contributed by atoms with Crippen LogP contribution in [-0.4, -0.2) is 38.1 Å². The second-order valence-corrected chi connectivity index (χ2v) is 7.44. The fraction of sp³-hybridized carbons (Fsp3) is 0.364. The number of nitrogens with one attached hydrogen (secondary N) is 2. The molecule has 2 aliphatic rings. The van der Waals surface area contributed by atoms with Crippen LogP contribution in [0.5, 0.6) is 0 Å². The summed E-state index contributed by atoms with van der Waals surface area (Å²) in [6.45, 7) is 0.602. The van der Waals surface area contributed by atoms with Gasteiger partial charge in [-0.15, -0.1) is 0 Å². The minimum atomic E-state index is -0.647. The third-order valence-corrected chi connectivity index (χ3v) is 5.29. The molecule has 1 aliphatic carbocycles. The number of rotatable bonds is 7. The zero-order valence-electron chi connectivity index (χ0n) is 16.3. The van der Waals surface area contributed by atoms with Crippen molar-refractivity contribution in [1.29, 1.82) is 0 Å². The lowest BCUT2D eigenvalue weighted by atomic mass is 10.0. The molecule has 1 heterocycles. The van der Waals surface area contributed by atoms with E-state index in [4.69, 9.17) is 4.74 Å². The molecule has 2 aromatic carbocycles. The molecule has 1 fully saturated rings. The smallest absolute Gasteiger partial charge is 0.252 e. The maximum atomic E-state index is 13.4. The van der Waals surface area contributed by atoms with Crippen molar-refractivity contribution in [2.75, 3.05) is 30.5 Å². The van der Waals surface area contributed by atoms with Crippen molar-refractivity contribution in [2.45, 2.75) is 31.3 Å². The minimum absolute atomic E-state index is 0.0269. The highest BCUT2D eigenvalue weighted by atomic mass is 19.1. The summed E-state index contributed by atoms with van der Waals surface area (Å²) in [5.74, 6) is -0.574. The van der Waals surface area contributed by atoms with E-state index in [0.717, 1.165) is 29.8 Å². The van der Waals surface area contributed by atoms with Crippen molar-refractivity contribution in [3.63, 3.8) is 0 Å². The van der Waals surface area contributed by atoms with Gasteiger partial charge in [-0.2, -0.15) is 0 Å². The van der Waals surface area contributed by atoms with Crippen LogP contribution in [0.15, 0.2) is 42.5 Å². The molecule has 0 bridgehead atoms. The molecule has 0 spiro atoms. The number of benzene rings is 2. The van der Waals surface area contributed by atoms with E-state index < -0.39 is 6.04 Å². The van der Waals surface area contributed by atoms with Gasteiger partial charge in [0.25, 0.3) is 5.91 Å². The predicted octanol–water partition coefficient (Wildman–Crippen LogP) is 2.79. The number of halogens is 1. The first-order valence-corrected chi connectivity index (χ1v) is 9.80. The van der Waals surface area contributed by atoms with Crippen LogP contribution in [0.2, 0.25) is 0 Å². The Bertz CT molecular complexity index is 912. The monoisotopic (exact) mass is 397 g/mol. The molecule has 7 heteroatoms. The van der Waals surface area contributed by atoms with Gasteiger partial charge in [0.15, 0.2) is 0 Å². The summed E-state index contributed by atoms with van der Waals surface area (Å²) >= 11 is 0. The van der Waals surface area contributed by atoms with Crippen LogP contribution in [0.3, 0.4) is 0 Å². The molecule has 152 valence electrons. The maximum absolute atomic E-state index is 13.4. The Hall–Kier alpha value is -2.93. The van der Waals surface area contributed by atoms with Gasteiger partial charge in [0.2, 0.25) is 5.91 Å². The van der Waals surface area contributed by atoms with E-state index in [2.05, 4.69) is 10.6 Å². The average Bonchev–Trinajstić information content (AvgIpc) is 3.41. The summed E-state index contributed by atoms with van der Waals surface area (Å²) in [6, 6.07) is 11.2. The molecule has 1 unspecified atom stereocenters. The maximum Gasteiger partial charge on any atom is 0.252 e. The lowest BCUT2D eigenvalue weighted by molar-refractivity contribution is -0.122. The van der Waals surface area contributed by atoms with Crippen LogP contribution in [-0.2, 0) is 20.7 Å². The summed E-state index contributed by atoms with van der Waals surface area (Å²) in [4.78, 5) is 26.9. The van der Waals surface area contributed by atoms with Gasteiger partial charge in [0.05, 0.1) is 0 Å². The normalized spacial score (nSPS) is 16.3. The average molecular weight is 397 g/mol. The second kappa shape index (κ2) is 8.21. The molecule has 1 atom stereocenters.